The first-order valence-corrected chi connectivity index (χ1v) is 8.57. The third-order valence-electron chi connectivity index (χ3n) is 4.40. The number of hydrogen-bond acceptors (Lipinski definition) is 5. The van der Waals surface area contributed by atoms with Gasteiger partial charge in [-0.05, 0) is 42.0 Å². The number of methoxy groups -OCH3 is 1. The number of nitrogens with one attached hydrogen (secondary N) is 2. The Kier molecular flexibility index (Phi) is 4.52. The van der Waals surface area contributed by atoms with Crippen molar-refractivity contribution in [2.75, 3.05) is 13.7 Å². The fourth-order valence-corrected chi connectivity index (χ4v) is 3.10. The van der Waals surface area contributed by atoms with Gasteiger partial charge < -0.3 is 14.5 Å². The summed E-state index contributed by atoms with van der Waals surface area (Å²) in [7, 11) is 1.50. The summed E-state index contributed by atoms with van der Waals surface area (Å²) < 4.78 is 10.9. The number of nitrogens with zero attached hydrogens (tertiary/aromatic N) is 2. The first-order chi connectivity index (χ1) is 13.7. The van der Waals surface area contributed by atoms with Gasteiger partial charge in [0.1, 0.15) is 17.9 Å². The molecule has 2 aromatic carbocycles. The van der Waals surface area contributed by atoms with Gasteiger partial charge in [-0.3, -0.25) is 9.89 Å². The molecule has 7 heteroatoms. The molecular weight excluding hydrogens is 356 g/mol. The van der Waals surface area contributed by atoms with Gasteiger partial charge in [0.25, 0.3) is 5.91 Å². The molecule has 138 valence electrons. The van der Waals surface area contributed by atoms with Crippen molar-refractivity contribution in [1.82, 2.24) is 15.5 Å². The fraction of sp³-hybridized carbons (Fsp3) is 0.0952. The highest BCUT2D eigenvalue weighted by Gasteiger charge is 2.18. The SMILES string of the molecule is COc1c(C(=O)NCC#N)ccc2[nH]nc(C=Cc3ccc4occc4c3)c12. The zero-order chi connectivity index (χ0) is 19.5. The zero-order valence-electron chi connectivity index (χ0n) is 15.0. The molecule has 28 heavy (non-hydrogen) atoms. The van der Waals surface area contributed by atoms with Crippen molar-refractivity contribution in [1.29, 1.82) is 5.26 Å². The maximum Gasteiger partial charge on any atom is 0.255 e. The van der Waals surface area contributed by atoms with Crippen LogP contribution in [0.5, 0.6) is 5.75 Å². The van der Waals surface area contributed by atoms with Crippen LogP contribution in [-0.4, -0.2) is 29.8 Å². The van der Waals surface area contributed by atoms with Gasteiger partial charge in [-0.15, -0.1) is 0 Å². The molecule has 2 N–H and O–H groups in total. The average Bonchev–Trinajstić information content (AvgIpc) is 3.35. The van der Waals surface area contributed by atoms with Crippen LogP contribution in [0.15, 0.2) is 47.1 Å². The number of carbonyl (C=O) groups is 1. The van der Waals surface area contributed by atoms with E-state index in [-0.39, 0.29) is 12.5 Å². The van der Waals surface area contributed by atoms with E-state index in [4.69, 9.17) is 14.4 Å². The standard InChI is InChI=1S/C21H16N4O3/c1-27-20-15(21(26)23-10-9-22)4-6-17-19(20)16(24-25-17)5-2-13-3-7-18-14(12-13)8-11-28-18/h2-8,11-12H,10H2,1H3,(H,23,26)(H,24,25). The molecule has 0 saturated heterocycles. The summed E-state index contributed by atoms with van der Waals surface area (Å²) in [5.41, 5.74) is 3.57. The molecule has 0 unspecified atom stereocenters. The van der Waals surface area contributed by atoms with Crippen LogP contribution in [0.2, 0.25) is 0 Å². The minimum Gasteiger partial charge on any atom is -0.495 e. The lowest BCUT2D eigenvalue weighted by molar-refractivity contribution is 0.0955. The number of aromatic amines is 1. The summed E-state index contributed by atoms with van der Waals surface area (Å²) in [5.74, 6) is 0.0356. The van der Waals surface area contributed by atoms with Crippen LogP contribution in [0.1, 0.15) is 21.6 Å². The Labute approximate surface area is 160 Å². The predicted octanol–water partition coefficient (Wildman–Crippen LogP) is 3.74. The molecule has 0 fully saturated rings. The van der Waals surface area contributed by atoms with Gasteiger partial charge in [-0.2, -0.15) is 10.4 Å². The van der Waals surface area contributed by atoms with Crippen molar-refractivity contribution >= 4 is 39.9 Å². The number of nitriles is 1. The van der Waals surface area contributed by atoms with Crippen molar-refractivity contribution in [3.8, 4) is 11.8 Å². The minimum atomic E-state index is -0.373. The molecule has 0 aliphatic heterocycles. The van der Waals surface area contributed by atoms with Gasteiger partial charge in [0.05, 0.1) is 41.6 Å². The molecule has 7 nitrogen and oxygen atoms in total. The normalized spacial score (nSPS) is 11.1. The number of ether oxygens (including phenoxy) is 1. The van der Waals surface area contributed by atoms with Crippen molar-refractivity contribution in [3.63, 3.8) is 0 Å². The second kappa shape index (κ2) is 7.29. The molecule has 4 rings (SSSR count). The van der Waals surface area contributed by atoms with Gasteiger partial charge in [0, 0.05) is 5.39 Å². The highest BCUT2D eigenvalue weighted by Crippen LogP contribution is 2.32. The van der Waals surface area contributed by atoms with Gasteiger partial charge in [-0.1, -0.05) is 12.1 Å². The highest BCUT2D eigenvalue weighted by molar-refractivity contribution is 6.05. The Morgan fingerprint density at radius 3 is 3.04 bits per heavy atom. The Bertz CT molecular complexity index is 1240. The Morgan fingerprint density at radius 2 is 2.21 bits per heavy atom. The number of fused-ring (bicyclic) bond motifs is 2. The third kappa shape index (κ3) is 3.08. The van der Waals surface area contributed by atoms with Crippen LogP contribution >= 0.6 is 0 Å². The first kappa shape index (κ1) is 17.4. The lowest BCUT2D eigenvalue weighted by atomic mass is 10.1. The van der Waals surface area contributed by atoms with Crippen LogP contribution in [0.4, 0.5) is 0 Å². The summed E-state index contributed by atoms with van der Waals surface area (Å²) in [6, 6.07) is 13.1. The molecule has 0 aliphatic rings. The van der Waals surface area contributed by atoms with Crippen molar-refractivity contribution in [2.24, 2.45) is 0 Å². The third-order valence-corrected chi connectivity index (χ3v) is 4.40. The zero-order valence-corrected chi connectivity index (χ0v) is 15.0. The van der Waals surface area contributed by atoms with Gasteiger partial charge >= 0.3 is 0 Å². The first-order valence-electron chi connectivity index (χ1n) is 8.57. The van der Waals surface area contributed by atoms with E-state index in [0.717, 1.165) is 22.0 Å². The molecule has 4 aromatic rings. The van der Waals surface area contributed by atoms with Crippen LogP contribution in [0, 0.1) is 11.3 Å². The lowest BCUT2D eigenvalue weighted by Gasteiger charge is -2.09. The monoisotopic (exact) mass is 372 g/mol. The number of carbonyl (C=O) groups excluding carboxylic acids is 1. The second-order valence-corrected chi connectivity index (χ2v) is 6.07. The summed E-state index contributed by atoms with van der Waals surface area (Å²) >= 11 is 0. The molecule has 0 spiro atoms. The topological polar surface area (TPSA) is 104 Å². The molecule has 2 heterocycles. The maximum atomic E-state index is 12.3. The molecular formula is C21H16N4O3. The van der Waals surface area contributed by atoms with Crippen molar-refractivity contribution < 1.29 is 13.9 Å². The van der Waals surface area contributed by atoms with E-state index in [1.54, 1.807) is 18.4 Å². The van der Waals surface area contributed by atoms with Crippen LogP contribution in [0.25, 0.3) is 34.0 Å². The van der Waals surface area contributed by atoms with Crippen LogP contribution < -0.4 is 10.1 Å². The van der Waals surface area contributed by atoms with Crippen LogP contribution in [0.3, 0.4) is 0 Å². The Morgan fingerprint density at radius 1 is 1.32 bits per heavy atom. The van der Waals surface area contributed by atoms with Gasteiger partial charge in [0.2, 0.25) is 0 Å². The summed E-state index contributed by atoms with van der Waals surface area (Å²) in [6.07, 6.45) is 5.45. The highest BCUT2D eigenvalue weighted by atomic mass is 16.5. The Hall–Kier alpha value is -4.05. The average molecular weight is 372 g/mol. The van der Waals surface area contributed by atoms with E-state index in [1.165, 1.54) is 7.11 Å². The second-order valence-electron chi connectivity index (χ2n) is 6.07. The van der Waals surface area contributed by atoms with Gasteiger partial charge in [-0.25, -0.2) is 0 Å². The molecule has 0 bridgehead atoms. The number of furan rings is 1. The van der Waals surface area contributed by atoms with E-state index < -0.39 is 0 Å². The fourth-order valence-electron chi connectivity index (χ4n) is 3.10. The number of H-pyrrole nitrogens is 1. The van der Waals surface area contributed by atoms with Gasteiger partial charge in [0.15, 0.2) is 0 Å². The quantitative estimate of drug-likeness (QED) is 0.519. The molecule has 0 radical (unpaired) electrons. The number of benzene rings is 2. The van der Waals surface area contributed by atoms with Crippen LogP contribution in [-0.2, 0) is 0 Å². The molecule has 0 atom stereocenters. The number of amides is 1. The molecule has 1 amide bonds. The minimum absolute atomic E-state index is 0.0747. The smallest absolute Gasteiger partial charge is 0.255 e. The van der Waals surface area contributed by atoms with E-state index in [9.17, 15) is 4.79 Å². The summed E-state index contributed by atoms with van der Waals surface area (Å²) in [6.45, 7) is -0.0747. The van der Waals surface area contributed by atoms with E-state index in [1.807, 2.05) is 42.5 Å². The predicted molar refractivity (Wildman–Crippen MR) is 106 cm³/mol. The van der Waals surface area contributed by atoms with Crippen molar-refractivity contribution in [2.45, 2.75) is 0 Å². The number of hydrogen-bond donors (Lipinski definition) is 2. The lowest BCUT2D eigenvalue weighted by Crippen LogP contribution is -2.24. The molecule has 0 saturated carbocycles. The van der Waals surface area contributed by atoms with E-state index >= 15 is 0 Å². The number of aromatic nitrogens is 2. The number of rotatable bonds is 5. The van der Waals surface area contributed by atoms with E-state index in [0.29, 0.717) is 22.4 Å². The summed E-state index contributed by atoms with van der Waals surface area (Å²) in [5, 5.41) is 20.2. The maximum absolute atomic E-state index is 12.3. The molecule has 2 aromatic heterocycles. The summed E-state index contributed by atoms with van der Waals surface area (Å²) in [4.78, 5) is 12.3. The Balaban J connectivity index is 1.74. The van der Waals surface area contributed by atoms with Crippen molar-refractivity contribution in [3.05, 3.63) is 59.5 Å². The molecule has 0 aliphatic carbocycles. The van der Waals surface area contributed by atoms with E-state index in [2.05, 4.69) is 15.5 Å². The largest absolute Gasteiger partial charge is 0.495 e.